The SMILES string of the molecule is CCC(CC)C(=O)/C=C(\O)C(CC)CC.Cc1c([Si](CC2CCCC2)(CC2CCCC2)CC2CCCC2)sc2c(-c3[c-]c4ccccc4c([Si](C)(C)C)c3)ncnc12.[Ir]. The number of thiophene rings is 1. The minimum absolute atomic E-state index is 0. The predicted octanol–water partition coefficient (Wildman–Crippen LogP) is 14.3. The van der Waals surface area contributed by atoms with Gasteiger partial charge in [0.05, 0.1) is 19.3 Å². The topological polar surface area (TPSA) is 63.1 Å². The number of aliphatic hydroxyl groups excluding tert-OH is 1. The van der Waals surface area contributed by atoms with Gasteiger partial charge in [-0.25, -0.2) is 4.98 Å². The first-order chi connectivity index (χ1) is 27.9. The summed E-state index contributed by atoms with van der Waals surface area (Å²) in [6.45, 7) is 17.9. The fraction of sp³-hybridized carbons (Fsp3) is 0.627. The molecule has 2 aromatic carbocycles. The molecule has 2 heterocycles. The van der Waals surface area contributed by atoms with Crippen molar-refractivity contribution in [3.63, 3.8) is 0 Å². The van der Waals surface area contributed by atoms with Gasteiger partial charge in [0.15, 0.2) is 5.78 Å². The Kier molecular flexibility index (Phi) is 17.8. The van der Waals surface area contributed by atoms with Crippen molar-refractivity contribution in [1.29, 1.82) is 0 Å². The molecule has 0 unspecified atom stereocenters. The minimum Gasteiger partial charge on any atom is -0.512 e. The molecular weight excluding hydrogens is 953 g/mol. The molecule has 0 spiro atoms. The number of aromatic nitrogens is 2. The van der Waals surface area contributed by atoms with Crippen LogP contribution < -0.4 is 9.69 Å². The average Bonchev–Trinajstić information content (AvgIpc) is 4.06. The first-order valence-electron chi connectivity index (χ1n) is 23.6. The zero-order valence-corrected chi connectivity index (χ0v) is 43.1. The molecule has 8 heteroatoms. The first-order valence-corrected chi connectivity index (χ1v) is 30.5. The Bertz CT molecular complexity index is 1950. The Labute approximate surface area is 377 Å². The summed E-state index contributed by atoms with van der Waals surface area (Å²) in [5.74, 6) is 3.42. The van der Waals surface area contributed by atoms with Crippen molar-refractivity contribution in [2.24, 2.45) is 29.6 Å². The number of allylic oxidation sites excluding steroid dienone is 2. The fourth-order valence-electron chi connectivity index (χ4n) is 11.3. The molecular formula is C51H75IrN2O2SSi2-. The Morgan fingerprint density at radius 2 is 1.32 bits per heavy atom. The molecule has 0 aliphatic heterocycles. The second kappa shape index (κ2) is 21.9. The van der Waals surface area contributed by atoms with E-state index in [1.54, 1.807) is 0 Å². The van der Waals surface area contributed by atoms with Gasteiger partial charge < -0.3 is 5.11 Å². The number of carbonyl (C=O) groups excluding carboxylic acids is 1. The van der Waals surface area contributed by atoms with Crippen LogP contribution in [0, 0.1) is 42.6 Å². The summed E-state index contributed by atoms with van der Waals surface area (Å²) in [6, 6.07) is 19.8. The number of benzene rings is 2. The van der Waals surface area contributed by atoms with Gasteiger partial charge in [-0.2, -0.15) is 0 Å². The van der Waals surface area contributed by atoms with Crippen molar-refractivity contribution in [3.8, 4) is 11.3 Å². The summed E-state index contributed by atoms with van der Waals surface area (Å²) in [5, 5.41) is 13.9. The maximum absolute atomic E-state index is 11.7. The van der Waals surface area contributed by atoms with Crippen LogP contribution >= 0.6 is 11.3 Å². The summed E-state index contributed by atoms with van der Waals surface area (Å²) >= 11 is 2.15. The zero-order chi connectivity index (χ0) is 41.5. The molecule has 3 fully saturated rings. The maximum Gasteiger partial charge on any atom is 0.162 e. The van der Waals surface area contributed by atoms with E-state index in [1.165, 1.54) is 139 Å². The molecule has 0 saturated heterocycles. The molecule has 59 heavy (non-hydrogen) atoms. The molecule has 4 aromatic rings. The molecule has 3 saturated carbocycles. The summed E-state index contributed by atoms with van der Waals surface area (Å²) in [6.07, 6.45) is 24.4. The van der Waals surface area contributed by atoms with Crippen LogP contribution in [-0.4, -0.2) is 37.0 Å². The molecule has 0 bridgehead atoms. The van der Waals surface area contributed by atoms with Crippen molar-refractivity contribution in [2.75, 3.05) is 0 Å². The quantitative estimate of drug-likeness (QED) is 0.0526. The van der Waals surface area contributed by atoms with Crippen LogP contribution in [0.4, 0.5) is 0 Å². The molecule has 3 aliphatic carbocycles. The third-order valence-electron chi connectivity index (χ3n) is 14.6. The molecule has 1 radical (unpaired) electrons. The largest absolute Gasteiger partial charge is 0.512 e. The van der Waals surface area contributed by atoms with Crippen LogP contribution in [0.5, 0.6) is 0 Å². The van der Waals surface area contributed by atoms with Crippen molar-refractivity contribution < 1.29 is 30.0 Å². The van der Waals surface area contributed by atoms with E-state index < -0.39 is 16.1 Å². The van der Waals surface area contributed by atoms with E-state index in [2.05, 4.69) is 74.3 Å². The first kappa shape index (κ1) is 48.1. The van der Waals surface area contributed by atoms with E-state index in [4.69, 9.17) is 9.97 Å². The Morgan fingerprint density at radius 3 is 1.81 bits per heavy atom. The van der Waals surface area contributed by atoms with E-state index in [0.717, 1.165) is 49.1 Å². The number of carbonyl (C=O) groups is 1. The van der Waals surface area contributed by atoms with Crippen molar-refractivity contribution in [2.45, 2.75) is 175 Å². The van der Waals surface area contributed by atoms with Crippen molar-refractivity contribution in [3.05, 3.63) is 60.1 Å². The molecule has 3 aliphatic rings. The van der Waals surface area contributed by atoms with Crippen LogP contribution in [0.1, 0.15) is 136 Å². The van der Waals surface area contributed by atoms with Gasteiger partial charge in [-0.05, 0) is 78.6 Å². The molecule has 325 valence electrons. The molecule has 4 nitrogen and oxygen atoms in total. The second-order valence-corrected chi connectivity index (χ2v) is 30.4. The smallest absolute Gasteiger partial charge is 0.162 e. The maximum atomic E-state index is 11.7. The number of aliphatic hydroxyl groups is 1. The number of hydrogen-bond donors (Lipinski definition) is 1. The predicted molar refractivity (Wildman–Crippen MR) is 256 cm³/mol. The molecule has 7 rings (SSSR count). The van der Waals surface area contributed by atoms with E-state index in [0.29, 0.717) is 0 Å². The molecule has 0 amide bonds. The number of hydrogen-bond acceptors (Lipinski definition) is 5. The number of aryl methyl sites for hydroxylation is 1. The summed E-state index contributed by atoms with van der Waals surface area (Å²) < 4.78 is 3.16. The van der Waals surface area contributed by atoms with Crippen LogP contribution in [0.2, 0.25) is 37.8 Å². The Hall–Kier alpha value is -1.97. The number of ketones is 1. The number of nitrogens with zero attached hydrogens (tertiary/aromatic N) is 2. The summed E-state index contributed by atoms with van der Waals surface area (Å²) in [7, 11) is -3.34. The monoisotopic (exact) mass is 1030 g/mol. The van der Waals surface area contributed by atoms with Gasteiger partial charge in [-0.1, -0.05) is 154 Å². The standard InChI is InChI=1S/C38H51N2SSi2.C13H24O2.Ir/c1-27-35-37(36(40-26-39-35)32-21-31-19-11-12-20-33(31)34(22-32)42(2,3)4)41-38(27)43(23-28-13-5-6-14-28,24-29-15-7-8-16-29)25-30-17-9-10-18-30;1-5-10(6-2)12(14)9-13(15)11(7-3)8-4;/h11-12,19-20,22,26,28-30H,5-10,13-18,23-25H2,1-4H3;9-11,14H,5-8H2,1-4H3;/q-1;;/b;12-9-;. The Morgan fingerprint density at radius 1 is 0.814 bits per heavy atom. The van der Waals surface area contributed by atoms with Crippen LogP contribution in [0.15, 0.2) is 48.5 Å². The zero-order valence-electron chi connectivity index (χ0n) is 37.9. The summed E-state index contributed by atoms with van der Waals surface area (Å²) in [4.78, 5) is 21.8. The Balaban J connectivity index is 0.000000355. The van der Waals surface area contributed by atoms with E-state index in [-0.39, 0.29) is 43.5 Å². The van der Waals surface area contributed by atoms with Crippen molar-refractivity contribution >= 4 is 63.9 Å². The number of rotatable bonds is 16. The summed E-state index contributed by atoms with van der Waals surface area (Å²) in [5.41, 5.74) is 5.06. The minimum atomic E-state index is -1.76. The van der Waals surface area contributed by atoms with Gasteiger partial charge in [-0.3, -0.25) is 9.78 Å². The van der Waals surface area contributed by atoms with Gasteiger partial charge in [0.2, 0.25) is 0 Å². The third-order valence-corrected chi connectivity index (χ3v) is 24.7. The average molecular weight is 1030 g/mol. The van der Waals surface area contributed by atoms with Crippen LogP contribution in [0.25, 0.3) is 32.2 Å². The van der Waals surface area contributed by atoms with Gasteiger partial charge in [0, 0.05) is 48.4 Å². The van der Waals surface area contributed by atoms with Crippen LogP contribution in [0.3, 0.4) is 0 Å². The van der Waals surface area contributed by atoms with Gasteiger partial charge in [0.25, 0.3) is 0 Å². The van der Waals surface area contributed by atoms with Gasteiger partial charge in [0.1, 0.15) is 14.4 Å². The third kappa shape index (κ3) is 11.5. The second-order valence-electron chi connectivity index (χ2n) is 19.7. The molecule has 0 atom stereocenters. The van der Waals surface area contributed by atoms with E-state index in [9.17, 15) is 9.90 Å². The molecule has 2 aromatic heterocycles. The fourth-order valence-corrected chi connectivity index (χ4v) is 22.4. The number of fused-ring (bicyclic) bond motifs is 2. The van der Waals surface area contributed by atoms with Crippen molar-refractivity contribution in [1.82, 2.24) is 9.97 Å². The van der Waals surface area contributed by atoms with Gasteiger partial charge in [-0.15, -0.1) is 40.1 Å². The van der Waals surface area contributed by atoms with Crippen LogP contribution in [-0.2, 0) is 24.9 Å². The van der Waals surface area contributed by atoms with E-state index in [1.807, 2.05) is 38.5 Å². The van der Waals surface area contributed by atoms with Gasteiger partial charge >= 0.3 is 0 Å². The normalized spacial score (nSPS) is 17.4. The molecule has 1 N–H and O–H groups in total. The van der Waals surface area contributed by atoms with E-state index >= 15 is 0 Å².